The van der Waals surface area contributed by atoms with E-state index in [-0.39, 0.29) is 17.9 Å². The minimum Gasteiger partial charge on any atom is -0.493 e. The van der Waals surface area contributed by atoms with E-state index in [1.165, 1.54) is 0 Å². The van der Waals surface area contributed by atoms with Crippen LogP contribution >= 0.6 is 0 Å². The lowest BCUT2D eigenvalue weighted by Gasteiger charge is -2.26. The maximum atomic E-state index is 13.0. The second kappa shape index (κ2) is 11.0. The van der Waals surface area contributed by atoms with Crippen LogP contribution in [0.1, 0.15) is 62.0 Å². The van der Waals surface area contributed by atoms with Gasteiger partial charge in [-0.15, -0.1) is 0 Å². The van der Waals surface area contributed by atoms with Crippen LogP contribution in [0.3, 0.4) is 0 Å². The third-order valence-electron chi connectivity index (χ3n) is 5.84. The molecule has 0 spiro atoms. The molecule has 6 heteroatoms. The van der Waals surface area contributed by atoms with Crippen molar-refractivity contribution in [1.82, 2.24) is 10.2 Å². The molecule has 1 fully saturated rings. The molecule has 0 saturated carbocycles. The largest absolute Gasteiger partial charge is 0.493 e. The van der Waals surface area contributed by atoms with Crippen molar-refractivity contribution in [3.63, 3.8) is 0 Å². The van der Waals surface area contributed by atoms with Crippen molar-refractivity contribution in [1.29, 1.82) is 0 Å². The van der Waals surface area contributed by atoms with Crippen molar-refractivity contribution in [3.05, 3.63) is 59.7 Å². The maximum absolute atomic E-state index is 13.0. The fourth-order valence-electron chi connectivity index (χ4n) is 3.90. The predicted octanol–water partition coefficient (Wildman–Crippen LogP) is 4.60. The Balaban J connectivity index is 1.65. The van der Waals surface area contributed by atoms with Crippen molar-refractivity contribution in [2.75, 3.05) is 20.3 Å². The molecule has 0 aliphatic carbocycles. The monoisotopic (exact) mass is 438 g/mol. The number of methoxy groups -OCH3 is 1. The summed E-state index contributed by atoms with van der Waals surface area (Å²) in [5.74, 6) is 1.69. The first kappa shape index (κ1) is 23.6. The van der Waals surface area contributed by atoms with Crippen LogP contribution in [0.15, 0.2) is 48.5 Å². The summed E-state index contributed by atoms with van der Waals surface area (Å²) >= 11 is 0. The highest BCUT2D eigenvalue weighted by Crippen LogP contribution is 2.31. The third kappa shape index (κ3) is 5.81. The molecule has 2 amide bonds. The molecule has 0 radical (unpaired) electrons. The molecule has 1 aliphatic rings. The van der Waals surface area contributed by atoms with Crippen LogP contribution in [0.4, 0.5) is 0 Å². The molecular formula is C26H34N2O4. The van der Waals surface area contributed by atoms with Crippen LogP contribution in [0.25, 0.3) is 0 Å². The van der Waals surface area contributed by atoms with Gasteiger partial charge in [-0.3, -0.25) is 9.59 Å². The minimum atomic E-state index is -0.453. The summed E-state index contributed by atoms with van der Waals surface area (Å²) in [6.45, 7) is 7.48. The topological polar surface area (TPSA) is 67.9 Å². The zero-order valence-corrected chi connectivity index (χ0v) is 19.5. The van der Waals surface area contributed by atoms with Gasteiger partial charge in [0.15, 0.2) is 11.5 Å². The Labute approximate surface area is 190 Å². The van der Waals surface area contributed by atoms with Gasteiger partial charge in [0.25, 0.3) is 5.91 Å². The molecule has 3 rings (SSSR count). The first-order valence-electron chi connectivity index (χ1n) is 11.4. The highest BCUT2D eigenvalue weighted by atomic mass is 16.5. The zero-order chi connectivity index (χ0) is 23.1. The number of carbonyl (C=O) groups is 2. The molecule has 1 aliphatic heterocycles. The average molecular weight is 439 g/mol. The van der Waals surface area contributed by atoms with E-state index in [2.05, 4.69) is 19.2 Å². The Hall–Kier alpha value is -3.02. The summed E-state index contributed by atoms with van der Waals surface area (Å²) in [5, 5.41) is 3.07. The minimum absolute atomic E-state index is 0.0968. The van der Waals surface area contributed by atoms with Crippen molar-refractivity contribution >= 4 is 11.8 Å². The van der Waals surface area contributed by atoms with Gasteiger partial charge < -0.3 is 19.7 Å². The first-order valence-corrected chi connectivity index (χ1v) is 11.4. The van der Waals surface area contributed by atoms with Crippen molar-refractivity contribution in [3.8, 4) is 11.5 Å². The third-order valence-corrected chi connectivity index (χ3v) is 5.84. The van der Waals surface area contributed by atoms with Gasteiger partial charge in [0.2, 0.25) is 5.91 Å². The van der Waals surface area contributed by atoms with E-state index in [4.69, 9.17) is 9.47 Å². The van der Waals surface area contributed by atoms with E-state index in [0.29, 0.717) is 42.6 Å². The Bertz CT molecular complexity index is 913. The summed E-state index contributed by atoms with van der Waals surface area (Å²) in [7, 11) is 1.61. The predicted molar refractivity (Wildman–Crippen MR) is 125 cm³/mol. The highest BCUT2D eigenvalue weighted by Gasteiger charge is 2.35. The molecule has 32 heavy (non-hydrogen) atoms. The molecule has 172 valence electrons. The lowest BCUT2D eigenvalue weighted by molar-refractivity contribution is -0.125. The first-order chi connectivity index (χ1) is 15.4. The number of benzene rings is 2. The van der Waals surface area contributed by atoms with Crippen LogP contribution in [0.5, 0.6) is 11.5 Å². The van der Waals surface area contributed by atoms with Gasteiger partial charge in [-0.1, -0.05) is 38.1 Å². The van der Waals surface area contributed by atoms with E-state index < -0.39 is 6.04 Å². The Morgan fingerprint density at radius 2 is 1.84 bits per heavy atom. The summed E-state index contributed by atoms with van der Waals surface area (Å²) in [5.41, 5.74) is 1.53. The molecule has 2 atom stereocenters. The number of hydrogen-bond acceptors (Lipinski definition) is 4. The van der Waals surface area contributed by atoms with Gasteiger partial charge in [-0.05, 0) is 61.9 Å². The summed E-state index contributed by atoms with van der Waals surface area (Å²) in [4.78, 5) is 27.6. The lowest BCUT2D eigenvalue weighted by Crippen LogP contribution is -2.46. The number of likely N-dealkylation sites (tertiary alicyclic amines) is 1. The van der Waals surface area contributed by atoms with E-state index in [1.54, 1.807) is 24.1 Å². The maximum Gasteiger partial charge on any atom is 0.254 e. The zero-order valence-electron chi connectivity index (χ0n) is 19.5. The van der Waals surface area contributed by atoms with E-state index in [0.717, 1.165) is 18.4 Å². The van der Waals surface area contributed by atoms with Crippen molar-refractivity contribution < 1.29 is 19.1 Å². The molecule has 2 unspecified atom stereocenters. The number of ether oxygens (including phenoxy) is 2. The van der Waals surface area contributed by atoms with Gasteiger partial charge in [0, 0.05) is 12.1 Å². The number of nitrogens with zero attached hydrogens (tertiary/aromatic N) is 1. The van der Waals surface area contributed by atoms with Gasteiger partial charge in [0.05, 0.1) is 19.8 Å². The molecule has 1 saturated heterocycles. The summed E-state index contributed by atoms with van der Waals surface area (Å²) < 4.78 is 11.4. The highest BCUT2D eigenvalue weighted by molar-refractivity contribution is 5.98. The molecule has 1 heterocycles. The standard InChI is InChI=1S/C26H34N2O4/c1-18(2)14-16-32-23-13-12-21(17-24(23)31-4)19(3)27-25(29)22-11-8-15-28(22)26(30)20-9-6-5-7-10-20/h5-7,9-10,12-13,17-19,22H,8,11,14-16H2,1-4H3,(H,27,29). The Morgan fingerprint density at radius 1 is 1.09 bits per heavy atom. The summed E-state index contributed by atoms with van der Waals surface area (Å²) in [6, 6.07) is 14.2. The quantitative estimate of drug-likeness (QED) is 0.621. The number of rotatable bonds is 9. The van der Waals surface area contributed by atoms with Crippen molar-refractivity contribution in [2.45, 2.75) is 52.1 Å². The normalized spacial score (nSPS) is 16.7. The molecule has 1 N–H and O–H groups in total. The van der Waals surface area contributed by atoms with Crippen molar-refractivity contribution in [2.24, 2.45) is 5.92 Å². The van der Waals surface area contributed by atoms with Gasteiger partial charge >= 0.3 is 0 Å². The second-order valence-corrected chi connectivity index (χ2v) is 8.69. The number of carbonyl (C=O) groups excluding carboxylic acids is 2. The number of hydrogen-bond donors (Lipinski definition) is 1. The van der Waals surface area contributed by atoms with E-state index >= 15 is 0 Å². The Morgan fingerprint density at radius 3 is 2.53 bits per heavy atom. The molecule has 6 nitrogen and oxygen atoms in total. The van der Waals surface area contributed by atoms with E-state index in [9.17, 15) is 9.59 Å². The Kier molecular flexibility index (Phi) is 8.14. The smallest absolute Gasteiger partial charge is 0.254 e. The van der Waals surface area contributed by atoms with Crippen LogP contribution < -0.4 is 14.8 Å². The SMILES string of the molecule is COc1cc(C(C)NC(=O)C2CCCN2C(=O)c2ccccc2)ccc1OCCC(C)C. The van der Waals surface area contributed by atoms with Gasteiger partial charge in [-0.2, -0.15) is 0 Å². The van der Waals surface area contributed by atoms with Crippen LogP contribution in [0, 0.1) is 5.92 Å². The van der Waals surface area contributed by atoms with Crippen LogP contribution in [-0.4, -0.2) is 43.0 Å². The lowest BCUT2D eigenvalue weighted by atomic mass is 10.1. The number of amides is 2. The molecule has 2 aromatic carbocycles. The fraction of sp³-hybridized carbons (Fsp3) is 0.462. The average Bonchev–Trinajstić information content (AvgIpc) is 3.29. The fourth-order valence-corrected chi connectivity index (χ4v) is 3.90. The van der Waals surface area contributed by atoms with Crippen LogP contribution in [-0.2, 0) is 4.79 Å². The molecule has 2 aromatic rings. The van der Waals surface area contributed by atoms with Gasteiger partial charge in [0.1, 0.15) is 6.04 Å². The summed E-state index contributed by atoms with van der Waals surface area (Å²) in [6.07, 6.45) is 2.46. The molecule has 0 aromatic heterocycles. The van der Waals surface area contributed by atoms with Gasteiger partial charge in [-0.25, -0.2) is 0 Å². The molecule has 0 bridgehead atoms. The van der Waals surface area contributed by atoms with Crippen LogP contribution in [0.2, 0.25) is 0 Å². The number of nitrogens with one attached hydrogen (secondary N) is 1. The molecular weight excluding hydrogens is 404 g/mol. The van der Waals surface area contributed by atoms with E-state index in [1.807, 2.05) is 43.3 Å². The second-order valence-electron chi connectivity index (χ2n) is 8.69.